The molecule has 2 fully saturated rings. The van der Waals surface area contributed by atoms with Crippen LogP contribution in [0.1, 0.15) is 54.8 Å². The molecule has 10 heteroatoms. The summed E-state index contributed by atoms with van der Waals surface area (Å²) in [6.07, 6.45) is 4.35. The topological polar surface area (TPSA) is 90.4 Å². The van der Waals surface area contributed by atoms with Gasteiger partial charge in [-0.2, -0.15) is 0 Å². The number of carboxylic acid groups (broad SMARTS) is 1. The number of rotatable bonds is 12. The van der Waals surface area contributed by atoms with Crippen LogP contribution in [0.2, 0.25) is 5.02 Å². The van der Waals surface area contributed by atoms with Crippen molar-refractivity contribution in [2.45, 2.75) is 51.6 Å². The number of hydrogen-bond donors (Lipinski definition) is 1. The molecule has 39 heavy (non-hydrogen) atoms. The van der Waals surface area contributed by atoms with Gasteiger partial charge in [0.15, 0.2) is 0 Å². The Kier molecular flexibility index (Phi) is 9.45. The summed E-state index contributed by atoms with van der Waals surface area (Å²) in [6, 6.07) is 9.47. The van der Waals surface area contributed by atoms with Gasteiger partial charge in [-0.05, 0) is 60.6 Å². The molecule has 1 N–H and O–H groups in total. The fourth-order valence-corrected chi connectivity index (χ4v) is 5.63. The molecule has 2 aliphatic rings. The molecule has 1 heterocycles. The first-order valence-corrected chi connectivity index (χ1v) is 13.7. The van der Waals surface area contributed by atoms with E-state index in [0.29, 0.717) is 30.3 Å². The Hall–Kier alpha value is -3.17. The summed E-state index contributed by atoms with van der Waals surface area (Å²) >= 11 is 5.91. The molecule has 1 saturated heterocycles. The van der Waals surface area contributed by atoms with E-state index in [2.05, 4.69) is 4.90 Å². The van der Waals surface area contributed by atoms with E-state index < -0.39 is 17.8 Å². The van der Waals surface area contributed by atoms with Crippen LogP contribution >= 0.6 is 11.6 Å². The maximum absolute atomic E-state index is 14.4. The molecule has 0 aromatic heterocycles. The predicted molar refractivity (Wildman–Crippen MR) is 145 cm³/mol. The van der Waals surface area contributed by atoms with E-state index in [9.17, 15) is 23.9 Å². The Morgan fingerprint density at radius 2 is 1.95 bits per heavy atom. The van der Waals surface area contributed by atoms with Gasteiger partial charge < -0.3 is 14.7 Å². The van der Waals surface area contributed by atoms with E-state index in [-0.39, 0.29) is 43.1 Å². The standard InChI is InChI=1S/C29H35ClFN3O5/c1-19-13-21(7-10-26(19)39-12-11-34-27(35)18-32(2)29(34)38)17-33(16-20-5-3-4-6-20)25(15-28(36)37)22-8-9-23(30)24(31)14-22/h7-10,13-14,20,25H,3-6,11-12,15-18H2,1-2H3,(H,36,37)/t25-/m0/s1. The van der Waals surface area contributed by atoms with Crippen molar-refractivity contribution in [1.82, 2.24) is 14.7 Å². The minimum atomic E-state index is -0.951. The SMILES string of the molecule is Cc1cc(CN(CC2CCCC2)[C@@H](CC(=O)O)c2ccc(Cl)c(F)c2)ccc1OCCN1C(=O)CN(C)C1=O. The van der Waals surface area contributed by atoms with Crippen molar-refractivity contribution in [3.63, 3.8) is 0 Å². The number of urea groups is 1. The van der Waals surface area contributed by atoms with Gasteiger partial charge in [0.2, 0.25) is 5.91 Å². The summed E-state index contributed by atoms with van der Waals surface area (Å²) in [5.74, 6) is -0.649. The summed E-state index contributed by atoms with van der Waals surface area (Å²) in [5.41, 5.74) is 2.46. The first kappa shape index (κ1) is 28.8. The third-order valence-corrected chi connectivity index (χ3v) is 7.84. The van der Waals surface area contributed by atoms with E-state index in [1.807, 2.05) is 25.1 Å². The molecular formula is C29H35ClFN3O5. The molecule has 1 saturated carbocycles. The lowest BCUT2D eigenvalue weighted by molar-refractivity contribution is -0.138. The van der Waals surface area contributed by atoms with Gasteiger partial charge >= 0.3 is 12.0 Å². The average molecular weight is 560 g/mol. The summed E-state index contributed by atoms with van der Waals surface area (Å²) in [7, 11) is 1.59. The number of amides is 3. The predicted octanol–water partition coefficient (Wildman–Crippen LogP) is 5.27. The summed E-state index contributed by atoms with van der Waals surface area (Å²) in [5, 5.41) is 9.73. The second-order valence-corrected chi connectivity index (χ2v) is 10.9. The van der Waals surface area contributed by atoms with E-state index in [0.717, 1.165) is 36.8 Å². The Balaban J connectivity index is 1.50. The third-order valence-electron chi connectivity index (χ3n) is 7.53. The first-order chi connectivity index (χ1) is 18.6. The summed E-state index contributed by atoms with van der Waals surface area (Å²) < 4.78 is 20.3. The number of carbonyl (C=O) groups is 3. The minimum absolute atomic E-state index is 0.00636. The smallest absolute Gasteiger partial charge is 0.327 e. The second-order valence-electron chi connectivity index (χ2n) is 10.5. The van der Waals surface area contributed by atoms with Crippen molar-refractivity contribution in [1.29, 1.82) is 0 Å². The van der Waals surface area contributed by atoms with Crippen LogP contribution in [-0.2, 0) is 16.1 Å². The molecule has 1 aliphatic carbocycles. The quantitative estimate of drug-likeness (QED) is 0.356. The second kappa shape index (κ2) is 12.8. The highest BCUT2D eigenvalue weighted by Gasteiger charge is 2.33. The fraction of sp³-hybridized carbons (Fsp3) is 0.483. The molecule has 0 radical (unpaired) electrons. The maximum atomic E-state index is 14.4. The zero-order valence-corrected chi connectivity index (χ0v) is 23.1. The number of carbonyl (C=O) groups excluding carboxylic acids is 2. The molecule has 2 aromatic carbocycles. The van der Waals surface area contributed by atoms with Gasteiger partial charge in [0.1, 0.15) is 24.7 Å². The molecule has 1 atom stereocenters. The van der Waals surface area contributed by atoms with Crippen molar-refractivity contribution in [3.8, 4) is 5.75 Å². The van der Waals surface area contributed by atoms with Crippen molar-refractivity contribution in [2.75, 3.05) is 33.3 Å². The highest BCUT2D eigenvalue weighted by molar-refractivity contribution is 6.30. The monoisotopic (exact) mass is 559 g/mol. The third kappa shape index (κ3) is 7.28. The summed E-state index contributed by atoms with van der Waals surface area (Å²) in [4.78, 5) is 40.6. The number of carboxylic acids is 1. The molecule has 2 aromatic rings. The zero-order valence-electron chi connectivity index (χ0n) is 22.4. The normalized spacial score (nSPS) is 16.9. The lowest BCUT2D eigenvalue weighted by Crippen LogP contribution is -2.35. The van der Waals surface area contributed by atoms with Crippen LogP contribution in [-0.4, -0.2) is 71.0 Å². The molecule has 0 bridgehead atoms. The van der Waals surface area contributed by atoms with E-state index in [1.165, 1.54) is 21.9 Å². The van der Waals surface area contributed by atoms with Crippen LogP contribution < -0.4 is 4.74 Å². The van der Waals surface area contributed by atoms with Crippen molar-refractivity contribution in [2.24, 2.45) is 5.92 Å². The number of ether oxygens (including phenoxy) is 1. The van der Waals surface area contributed by atoms with E-state index >= 15 is 0 Å². The van der Waals surface area contributed by atoms with E-state index in [1.54, 1.807) is 13.1 Å². The number of halogens is 2. The van der Waals surface area contributed by atoms with E-state index in [4.69, 9.17) is 16.3 Å². The molecular weight excluding hydrogens is 525 g/mol. The van der Waals surface area contributed by atoms with Crippen LogP contribution in [0.25, 0.3) is 0 Å². The van der Waals surface area contributed by atoms with Crippen LogP contribution in [0.4, 0.5) is 9.18 Å². The fourth-order valence-electron chi connectivity index (χ4n) is 5.51. The Labute approximate surface area is 233 Å². The Bertz CT molecular complexity index is 1220. The number of benzene rings is 2. The summed E-state index contributed by atoms with van der Waals surface area (Å²) in [6.45, 7) is 3.56. The average Bonchev–Trinajstić information content (AvgIpc) is 3.48. The Morgan fingerprint density at radius 3 is 2.56 bits per heavy atom. The van der Waals surface area contributed by atoms with Crippen LogP contribution in [0.3, 0.4) is 0 Å². The lowest BCUT2D eigenvalue weighted by atomic mass is 9.98. The number of nitrogens with zero attached hydrogens (tertiary/aromatic N) is 3. The number of aryl methyl sites for hydroxylation is 1. The Morgan fingerprint density at radius 1 is 1.21 bits per heavy atom. The molecule has 210 valence electrons. The highest BCUT2D eigenvalue weighted by atomic mass is 35.5. The molecule has 0 spiro atoms. The maximum Gasteiger partial charge on any atom is 0.327 e. The van der Waals surface area contributed by atoms with Gasteiger partial charge in [0.25, 0.3) is 0 Å². The number of imide groups is 1. The van der Waals surface area contributed by atoms with Gasteiger partial charge in [0.05, 0.1) is 18.0 Å². The molecule has 8 nitrogen and oxygen atoms in total. The largest absolute Gasteiger partial charge is 0.491 e. The number of aliphatic carboxylic acids is 1. The molecule has 1 aliphatic heterocycles. The van der Waals surface area contributed by atoms with Crippen LogP contribution in [0, 0.1) is 18.7 Å². The number of hydrogen-bond acceptors (Lipinski definition) is 5. The van der Waals surface area contributed by atoms with Crippen LogP contribution in [0.5, 0.6) is 5.75 Å². The van der Waals surface area contributed by atoms with Crippen LogP contribution in [0.15, 0.2) is 36.4 Å². The van der Waals surface area contributed by atoms with Gasteiger partial charge in [-0.3, -0.25) is 19.4 Å². The molecule has 0 unspecified atom stereocenters. The molecule has 4 rings (SSSR count). The minimum Gasteiger partial charge on any atom is -0.491 e. The lowest BCUT2D eigenvalue weighted by Gasteiger charge is -2.33. The van der Waals surface area contributed by atoms with Gasteiger partial charge in [-0.25, -0.2) is 9.18 Å². The van der Waals surface area contributed by atoms with Crippen molar-refractivity contribution < 1.29 is 28.6 Å². The number of likely N-dealkylation sites (N-methyl/N-ethyl adjacent to an activating group) is 1. The molecule has 3 amide bonds. The highest BCUT2D eigenvalue weighted by Crippen LogP contribution is 2.34. The van der Waals surface area contributed by atoms with Gasteiger partial charge in [0, 0.05) is 26.2 Å². The van der Waals surface area contributed by atoms with Crippen molar-refractivity contribution in [3.05, 3.63) is 63.9 Å². The van der Waals surface area contributed by atoms with Crippen molar-refractivity contribution >= 4 is 29.5 Å². The first-order valence-electron chi connectivity index (χ1n) is 13.3. The van der Waals surface area contributed by atoms with Gasteiger partial charge in [-0.15, -0.1) is 0 Å². The zero-order chi connectivity index (χ0) is 28.1. The van der Waals surface area contributed by atoms with Gasteiger partial charge in [-0.1, -0.05) is 42.6 Å².